The third-order valence-corrected chi connectivity index (χ3v) is 5.86. The Morgan fingerprint density at radius 2 is 1.88 bits per heavy atom. The molecule has 0 amide bonds. The molecule has 0 unspecified atom stereocenters. The Balaban J connectivity index is 1.58. The second kappa shape index (κ2) is 10.5. The van der Waals surface area contributed by atoms with Crippen molar-refractivity contribution in [2.24, 2.45) is 0 Å². The number of nitrogens with zero attached hydrogens (tertiary/aromatic N) is 1. The van der Waals surface area contributed by atoms with Crippen LogP contribution in [0.4, 0.5) is 4.39 Å². The normalized spacial score (nSPS) is 11.6. The van der Waals surface area contributed by atoms with Gasteiger partial charge in [0.2, 0.25) is 0 Å². The van der Waals surface area contributed by atoms with Crippen LogP contribution < -0.4 is 4.74 Å². The summed E-state index contributed by atoms with van der Waals surface area (Å²) < 4.78 is 21.8. The van der Waals surface area contributed by atoms with Crippen LogP contribution >= 0.6 is 11.6 Å². The van der Waals surface area contributed by atoms with E-state index in [1.807, 2.05) is 48.5 Å². The number of aryl methyl sites for hydroxylation is 1. The predicted octanol–water partition coefficient (Wildman–Crippen LogP) is 7.13. The Kier molecular flexibility index (Phi) is 7.30. The smallest absolute Gasteiger partial charge is 0.353 e. The van der Waals surface area contributed by atoms with Gasteiger partial charge >= 0.3 is 5.97 Å². The van der Waals surface area contributed by atoms with Crippen LogP contribution in [0.25, 0.3) is 27.8 Å². The molecule has 0 bridgehead atoms. The lowest BCUT2D eigenvalue weighted by molar-refractivity contribution is 0.0685. The summed E-state index contributed by atoms with van der Waals surface area (Å²) in [6, 6.07) is 18.3. The van der Waals surface area contributed by atoms with Crippen molar-refractivity contribution < 1.29 is 19.0 Å². The van der Waals surface area contributed by atoms with Crippen LogP contribution in [-0.2, 0) is 6.54 Å². The number of hydrogen-bond acceptors (Lipinski definition) is 2. The summed E-state index contributed by atoms with van der Waals surface area (Å²) in [5.41, 5.74) is 1.36. The molecule has 4 nitrogen and oxygen atoms in total. The van der Waals surface area contributed by atoms with Crippen molar-refractivity contribution in [3.8, 4) is 5.75 Å². The fourth-order valence-electron chi connectivity index (χ4n) is 4.11. The topological polar surface area (TPSA) is 51.5 Å². The first-order chi connectivity index (χ1) is 16.1. The van der Waals surface area contributed by atoms with Crippen molar-refractivity contribution in [1.82, 2.24) is 4.57 Å². The Labute approximate surface area is 196 Å². The summed E-state index contributed by atoms with van der Waals surface area (Å²) in [6.45, 7) is 0.860. The first-order valence-electron chi connectivity index (χ1n) is 11.0. The molecule has 0 spiro atoms. The lowest BCUT2D eigenvalue weighted by atomic mass is 10.1. The van der Waals surface area contributed by atoms with E-state index >= 15 is 0 Å². The van der Waals surface area contributed by atoms with Gasteiger partial charge < -0.3 is 14.4 Å². The summed E-state index contributed by atoms with van der Waals surface area (Å²) in [5.74, 6) is -0.109. The highest BCUT2D eigenvalue weighted by atomic mass is 35.5. The first kappa shape index (κ1) is 22.9. The molecule has 0 saturated carbocycles. The SMILES string of the molecule is O=C(O)c1c(C=CCCCCl)c2cc(F)ccc2n1CCCOc1cccc2ccccc12. The second-order valence-electron chi connectivity index (χ2n) is 7.79. The van der Waals surface area contributed by atoms with E-state index in [4.69, 9.17) is 16.3 Å². The largest absolute Gasteiger partial charge is 0.493 e. The molecule has 1 aromatic heterocycles. The van der Waals surface area contributed by atoms with Crippen LogP contribution in [0.1, 0.15) is 35.3 Å². The maximum absolute atomic E-state index is 14.0. The predicted molar refractivity (Wildman–Crippen MR) is 132 cm³/mol. The molecule has 4 aromatic rings. The molecule has 1 N–H and O–H groups in total. The van der Waals surface area contributed by atoms with Crippen LogP contribution in [0.2, 0.25) is 0 Å². The number of rotatable bonds is 10. The summed E-state index contributed by atoms with van der Waals surface area (Å²) in [6.07, 6.45) is 5.77. The molecule has 4 rings (SSSR count). The number of fused-ring (bicyclic) bond motifs is 2. The summed E-state index contributed by atoms with van der Waals surface area (Å²) in [4.78, 5) is 12.2. The number of aromatic carboxylic acids is 1. The van der Waals surface area contributed by atoms with Crippen LogP contribution in [0.15, 0.2) is 66.7 Å². The van der Waals surface area contributed by atoms with Gasteiger partial charge in [-0.25, -0.2) is 9.18 Å². The molecular weight excluding hydrogens is 441 g/mol. The molecule has 6 heteroatoms. The zero-order valence-corrected chi connectivity index (χ0v) is 18.9. The van der Waals surface area contributed by atoms with E-state index in [1.165, 1.54) is 12.1 Å². The molecule has 0 atom stereocenters. The Morgan fingerprint density at radius 1 is 1.06 bits per heavy atom. The van der Waals surface area contributed by atoms with Gasteiger partial charge in [0.1, 0.15) is 17.3 Å². The van der Waals surface area contributed by atoms with Gasteiger partial charge in [-0.3, -0.25) is 0 Å². The fraction of sp³-hybridized carbons (Fsp3) is 0.222. The molecule has 33 heavy (non-hydrogen) atoms. The minimum Gasteiger partial charge on any atom is -0.493 e. The number of ether oxygens (including phenoxy) is 1. The molecule has 0 radical (unpaired) electrons. The maximum Gasteiger partial charge on any atom is 0.353 e. The van der Waals surface area contributed by atoms with Gasteiger partial charge in [0.25, 0.3) is 0 Å². The van der Waals surface area contributed by atoms with Gasteiger partial charge in [-0.2, -0.15) is 0 Å². The van der Waals surface area contributed by atoms with Crippen molar-refractivity contribution in [2.45, 2.75) is 25.8 Å². The van der Waals surface area contributed by atoms with Crippen molar-refractivity contribution in [1.29, 1.82) is 0 Å². The molecule has 0 saturated heterocycles. The van der Waals surface area contributed by atoms with Crippen LogP contribution in [0, 0.1) is 5.82 Å². The van der Waals surface area contributed by atoms with Crippen molar-refractivity contribution >= 4 is 45.3 Å². The van der Waals surface area contributed by atoms with E-state index < -0.39 is 11.8 Å². The summed E-state index contributed by atoms with van der Waals surface area (Å²) in [7, 11) is 0. The number of benzene rings is 3. The average molecular weight is 466 g/mol. The van der Waals surface area contributed by atoms with Crippen LogP contribution in [0.5, 0.6) is 5.75 Å². The van der Waals surface area contributed by atoms with E-state index in [-0.39, 0.29) is 5.69 Å². The number of halogens is 2. The standard InChI is InChI=1S/C27H25ClFNO3/c28-15-5-1-2-11-22-23-18-20(29)13-14-24(23)30(26(22)27(31)32)16-7-17-33-25-12-6-9-19-8-3-4-10-21(19)25/h2-4,6,8-14,18H,1,5,7,15-17H2,(H,31,32). The van der Waals surface area contributed by atoms with E-state index in [0.29, 0.717) is 41.9 Å². The number of aromatic nitrogens is 1. The van der Waals surface area contributed by atoms with Gasteiger partial charge in [-0.15, -0.1) is 11.6 Å². The molecule has 0 fully saturated rings. The second-order valence-corrected chi connectivity index (χ2v) is 8.17. The molecule has 1 heterocycles. The zero-order valence-electron chi connectivity index (χ0n) is 18.1. The number of carboxylic acid groups (broad SMARTS) is 1. The number of carbonyl (C=O) groups is 1. The molecular formula is C27H25ClFNO3. The number of alkyl halides is 1. The molecule has 0 aliphatic carbocycles. The highest BCUT2D eigenvalue weighted by molar-refractivity contribution is 6.17. The first-order valence-corrected chi connectivity index (χ1v) is 11.5. The van der Waals surface area contributed by atoms with Crippen LogP contribution in [0.3, 0.4) is 0 Å². The lowest BCUT2D eigenvalue weighted by Crippen LogP contribution is -2.12. The Bertz CT molecular complexity index is 1310. The molecule has 0 aliphatic rings. The summed E-state index contributed by atoms with van der Waals surface area (Å²) in [5, 5.41) is 12.7. The van der Waals surface area contributed by atoms with E-state index in [2.05, 4.69) is 0 Å². The van der Waals surface area contributed by atoms with E-state index in [9.17, 15) is 14.3 Å². The minimum atomic E-state index is -1.04. The monoisotopic (exact) mass is 465 g/mol. The summed E-state index contributed by atoms with van der Waals surface area (Å²) >= 11 is 5.74. The molecule has 0 aliphatic heterocycles. The van der Waals surface area contributed by atoms with E-state index in [1.54, 1.807) is 16.7 Å². The van der Waals surface area contributed by atoms with Crippen molar-refractivity contribution in [3.63, 3.8) is 0 Å². The van der Waals surface area contributed by atoms with Gasteiger partial charge in [0.05, 0.1) is 6.61 Å². The third kappa shape index (κ3) is 5.04. The number of carboxylic acids is 1. The van der Waals surface area contributed by atoms with Gasteiger partial charge in [0, 0.05) is 34.3 Å². The van der Waals surface area contributed by atoms with Crippen molar-refractivity contribution in [2.75, 3.05) is 12.5 Å². The number of allylic oxidation sites excluding steroid dienone is 1. The Morgan fingerprint density at radius 3 is 2.70 bits per heavy atom. The highest BCUT2D eigenvalue weighted by Gasteiger charge is 2.21. The van der Waals surface area contributed by atoms with Gasteiger partial charge in [-0.05, 0) is 48.9 Å². The van der Waals surface area contributed by atoms with E-state index in [0.717, 1.165) is 29.4 Å². The lowest BCUT2D eigenvalue weighted by Gasteiger charge is -2.11. The highest BCUT2D eigenvalue weighted by Crippen LogP contribution is 2.30. The Hall–Kier alpha value is -3.31. The zero-order chi connectivity index (χ0) is 23.2. The quantitative estimate of drug-likeness (QED) is 0.200. The third-order valence-electron chi connectivity index (χ3n) is 5.59. The van der Waals surface area contributed by atoms with Crippen LogP contribution in [-0.4, -0.2) is 28.1 Å². The average Bonchev–Trinajstić information content (AvgIpc) is 3.12. The number of unbranched alkanes of at least 4 members (excludes halogenated alkanes) is 1. The fourth-order valence-corrected chi connectivity index (χ4v) is 4.26. The van der Waals surface area contributed by atoms with Gasteiger partial charge in [-0.1, -0.05) is 48.6 Å². The number of hydrogen-bond donors (Lipinski definition) is 1. The van der Waals surface area contributed by atoms with Crippen molar-refractivity contribution in [3.05, 3.63) is 83.8 Å². The maximum atomic E-state index is 14.0. The van der Waals surface area contributed by atoms with Gasteiger partial charge in [0.15, 0.2) is 0 Å². The molecule has 3 aromatic carbocycles. The minimum absolute atomic E-state index is 0.155. The molecule has 170 valence electrons.